The maximum atomic E-state index is 5.82. The summed E-state index contributed by atoms with van der Waals surface area (Å²) in [7, 11) is 0. The highest BCUT2D eigenvalue weighted by molar-refractivity contribution is 9.10. The molecule has 1 rings (SSSR count). The average molecular weight is 272 g/mol. The molecule has 0 aromatic heterocycles. The van der Waals surface area contributed by atoms with Gasteiger partial charge < -0.3 is 10.5 Å². The van der Waals surface area contributed by atoms with Crippen LogP contribution in [0.4, 0.5) is 0 Å². The van der Waals surface area contributed by atoms with Gasteiger partial charge in [-0.15, -0.1) is 0 Å². The molecule has 0 aliphatic carbocycles. The first-order valence-electron chi connectivity index (χ1n) is 5.01. The molecule has 0 aliphatic rings. The van der Waals surface area contributed by atoms with Crippen LogP contribution in [0.25, 0.3) is 0 Å². The number of halogens is 1. The largest absolute Gasteiger partial charge is 0.487 e. The van der Waals surface area contributed by atoms with Crippen molar-refractivity contribution >= 4 is 15.9 Å². The molecular weight excluding hydrogens is 254 g/mol. The van der Waals surface area contributed by atoms with Crippen molar-refractivity contribution in [3.05, 3.63) is 27.7 Å². The summed E-state index contributed by atoms with van der Waals surface area (Å²) in [4.78, 5) is 0. The van der Waals surface area contributed by atoms with Crippen LogP contribution in [0.15, 0.2) is 16.6 Å². The Kier molecular flexibility index (Phi) is 3.79. The van der Waals surface area contributed by atoms with E-state index in [0.29, 0.717) is 6.54 Å². The molecule has 0 atom stereocenters. The maximum Gasteiger partial charge on any atom is 0.120 e. The highest BCUT2D eigenvalue weighted by atomic mass is 79.9. The predicted octanol–water partition coefficient (Wildman–Crippen LogP) is 3.18. The molecule has 1 aromatic carbocycles. The molecular formula is C12H18BrNO. The van der Waals surface area contributed by atoms with Crippen molar-refractivity contribution in [1.82, 2.24) is 0 Å². The molecule has 0 radical (unpaired) electrons. The number of benzene rings is 1. The van der Waals surface area contributed by atoms with Crippen molar-refractivity contribution in [2.45, 2.75) is 33.3 Å². The zero-order chi connectivity index (χ0) is 11.6. The lowest BCUT2D eigenvalue weighted by atomic mass is 10.1. The van der Waals surface area contributed by atoms with Gasteiger partial charge in [0.1, 0.15) is 11.4 Å². The number of ether oxygens (including phenoxy) is 1. The van der Waals surface area contributed by atoms with E-state index in [2.05, 4.69) is 29.8 Å². The first-order chi connectivity index (χ1) is 6.85. The number of hydrogen-bond acceptors (Lipinski definition) is 2. The SMILES string of the molecule is Cc1cc(OC(C)(C)CN)cc(C)c1Br. The zero-order valence-electron chi connectivity index (χ0n) is 9.73. The van der Waals surface area contributed by atoms with E-state index >= 15 is 0 Å². The Labute approximate surface area is 99.9 Å². The van der Waals surface area contributed by atoms with E-state index in [0.717, 1.165) is 10.2 Å². The molecule has 0 aliphatic heterocycles. The summed E-state index contributed by atoms with van der Waals surface area (Å²) in [6.07, 6.45) is 0. The third-order valence-corrected chi connectivity index (χ3v) is 3.55. The van der Waals surface area contributed by atoms with Crippen molar-refractivity contribution in [2.24, 2.45) is 5.73 Å². The van der Waals surface area contributed by atoms with Gasteiger partial charge in [0, 0.05) is 11.0 Å². The quantitative estimate of drug-likeness (QED) is 0.917. The minimum absolute atomic E-state index is 0.313. The second kappa shape index (κ2) is 4.54. The third kappa shape index (κ3) is 3.21. The second-order valence-electron chi connectivity index (χ2n) is 4.44. The highest BCUT2D eigenvalue weighted by Gasteiger charge is 2.17. The molecule has 15 heavy (non-hydrogen) atoms. The van der Waals surface area contributed by atoms with Crippen molar-refractivity contribution in [1.29, 1.82) is 0 Å². The predicted molar refractivity (Wildman–Crippen MR) is 67.4 cm³/mol. The van der Waals surface area contributed by atoms with E-state index < -0.39 is 0 Å². The summed E-state index contributed by atoms with van der Waals surface area (Å²) in [5.74, 6) is 0.878. The summed E-state index contributed by atoms with van der Waals surface area (Å²) in [6.45, 7) is 8.58. The molecule has 0 heterocycles. The van der Waals surface area contributed by atoms with Crippen LogP contribution in [-0.4, -0.2) is 12.1 Å². The van der Waals surface area contributed by atoms with Crippen LogP contribution < -0.4 is 10.5 Å². The fourth-order valence-electron chi connectivity index (χ4n) is 1.33. The lowest BCUT2D eigenvalue weighted by Crippen LogP contribution is -2.37. The third-order valence-electron chi connectivity index (χ3n) is 2.30. The van der Waals surface area contributed by atoms with Crippen LogP contribution in [0.5, 0.6) is 5.75 Å². The van der Waals surface area contributed by atoms with Gasteiger partial charge in [-0.1, -0.05) is 15.9 Å². The van der Waals surface area contributed by atoms with Gasteiger partial charge in [0.15, 0.2) is 0 Å². The van der Waals surface area contributed by atoms with E-state index in [-0.39, 0.29) is 5.60 Å². The van der Waals surface area contributed by atoms with Gasteiger partial charge in [-0.2, -0.15) is 0 Å². The number of nitrogens with two attached hydrogens (primary N) is 1. The normalized spacial score (nSPS) is 11.6. The standard InChI is InChI=1S/C12H18BrNO/c1-8-5-10(6-9(2)11(8)13)15-12(3,4)7-14/h5-6H,7,14H2,1-4H3. The molecule has 0 unspecified atom stereocenters. The molecule has 2 N–H and O–H groups in total. The van der Waals surface area contributed by atoms with Gasteiger partial charge in [-0.3, -0.25) is 0 Å². The Hall–Kier alpha value is -0.540. The first kappa shape index (κ1) is 12.5. The van der Waals surface area contributed by atoms with Gasteiger partial charge in [0.25, 0.3) is 0 Å². The number of rotatable bonds is 3. The van der Waals surface area contributed by atoms with E-state index in [9.17, 15) is 0 Å². The van der Waals surface area contributed by atoms with Crippen LogP contribution >= 0.6 is 15.9 Å². The van der Waals surface area contributed by atoms with Gasteiger partial charge in [0.2, 0.25) is 0 Å². The lowest BCUT2D eigenvalue weighted by molar-refractivity contribution is 0.118. The molecule has 0 spiro atoms. The summed E-state index contributed by atoms with van der Waals surface area (Å²) < 4.78 is 6.96. The maximum absolute atomic E-state index is 5.82. The minimum Gasteiger partial charge on any atom is -0.487 e. The fourth-order valence-corrected chi connectivity index (χ4v) is 1.55. The Bertz CT molecular complexity index is 338. The van der Waals surface area contributed by atoms with Crippen LogP contribution in [0.3, 0.4) is 0 Å². The Balaban J connectivity index is 2.98. The van der Waals surface area contributed by atoms with Gasteiger partial charge in [0.05, 0.1) is 0 Å². The Morgan fingerprint density at radius 3 is 2.13 bits per heavy atom. The summed E-state index contributed by atoms with van der Waals surface area (Å²) in [5.41, 5.74) is 7.67. The lowest BCUT2D eigenvalue weighted by Gasteiger charge is -2.25. The van der Waals surface area contributed by atoms with Crippen molar-refractivity contribution in [3.63, 3.8) is 0 Å². The molecule has 0 fully saturated rings. The topological polar surface area (TPSA) is 35.2 Å². The van der Waals surface area contributed by atoms with Crippen LogP contribution in [0, 0.1) is 13.8 Å². The number of hydrogen-bond donors (Lipinski definition) is 1. The molecule has 1 aromatic rings. The summed E-state index contributed by atoms with van der Waals surface area (Å²) >= 11 is 3.53. The van der Waals surface area contributed by atoms with Crippen LogP contribution in [0.2, 0.25) is 0 Å². The zero-order valence-corrected chi connectivity index (χ0v) is 11.3. The Morgan fingerprint density at radius 2 is 1.73 bits per heavy atom. The summed E-state index contributed by atoms with van der Waals surface area (Å²) in [5, 5.41) is 0. The summed E-state index contributed by atoms with van der Waals surface area (Å²) in [6, 6.07) is 4.04. The molecule has 0 saturated heterocycles. The van der Waals surface area contributed by atoms with Crippen LogP contribution in [0.1, 0.15) is 25.0 Å². The molecule has 0 bridgehead atoms. The molecule has 2 nitrogen and oxygen atoms in total. The smallest absolute Gasteiger partial charge is 0.120 e. The average Bonchev–Trinajstić information content (AvgIpc) is 2.13. The molecule has 3 heteroatoms. The number of aryl methyl sites for hydroxylation is 2. The highest BCUT2D eigenvalue weighted by Crippen LogP contribution is 2.28. The monoisotopic (exact) mass is 271 g/mol. The molecule has 0 saturated carbocycles. The molecule has 84 valence electrons. The first-order valence-corrected chi connectivity index (χ1v) is 5.81. The second-order valence-corrected chi connectivity index (χ2v) is 5.23. The van der Waals surface area contributed by atoms with Crippen molar-refractivity contribution < 1.29 is 4.74 Å². The van der Waals surface area contributed by atoms with Gasteiger partial charge >= 0.3 is 0 Å². The van der Waals surface area contributed by atoms with E-state index in [4.69, 9.17) is 10.5 Å². The van der Waals surface area contributed by atoms with E-state index in [1.807, 2.05) is 26.0 Å². The van der Waals surface area contributed by atoms with Crippen molar-refractivity contribution in [3.8, 4) is 5.75 Å². The van der Waals surface area contributed by atoms with Crippen LogP contribution in [-0.2, 0) is 0 Å². The molecule has 0 amide bonds. The van der Waals surface area contributed by atoms with Gasteiger partial charge in [-0.25, -0.2) is 0 Å². The van der Waals surface area contributed by atoms with Gasteiger partial charge in [-0.05, 0) is 51.0 Å². The van der Waals surface area contributed by atoms with E-state index in [1.54, 1.807) is 0 Å². The minimum atomic E-state index is -0.313. The van der Waals surface area contributed by atoms with E-state index in [1.165, 1.54) is 11.1 Å². The van der Waals surface area contributed by atoms with Crippen molar-refractivity contribution in [2.75, 3.05) is 6.54 Å². The fraction of sp³-hybridized carbons (Fsp3) is 0.500. The Morgan fingerprint density at radius 1 is 1.27 bits per heavy atom.